The third kappa shape index (κ3) is 2.80. The first-order valence-electron chi connectivity index (χ1n) is 7.43. The standard InChI is InChI=1S/C19H20O2/c1-13-18(14-5-9-16(20)10-6-14)3-2-4-19(13)15-7-11-17(21)12-8-15/h5-12,18,20-21H,2-4H2,1H3. The number of allylic oxidation sites excluding steroid dienone is 2. The van der Waals surface area contributed by atoms with Crippen molar-refractivity contribution in [1.29, 1.82) is 0 Å². The van der Waals surface area contributed by atoms with Gasteiger partial charge in [-0.3, -0.25) is 0 Å². The zero-order chi connectivity index (χ0) is 14.8. The molecular formula is C19H20O2. The number of hydrogen-bond acceptors (Lipinski definition) is 2. The molecule has 2 aromatic carbocycles. The molecule has 0 saturated heterocycles. The lowest BCUT2D eigenvalue weighted by Gasteiger charge is -2.27. The Balaban J connectivity index is 1.98. The summed E-state index contributed by atoms with van der Waals surface area (Å²) in [4.78, 5) is 0. The van der Waals surface area contributed by atoms with Gasteiger partial charge in [0.15, 0.2) is 0 Å². The molecule has 1 atom stereocenters. The van der Waals surface area contributed by atoms with Crippen LogP contribution >= 0.6 is 0 Å². The maximum Gasteiger partial charge on any atom is 0.115 e. The highest BCUT2D eigenvalue weighted by molar-refractivity contribution is 5.71. The highest BCUT2D eigenvalue weighted by atomic mass is 16.3. The summed E-state index contributed by atoms with van der Waals surface area (Å²) in [5.74, 6) is 1.04. The zero-order valence-electron chi connectivity index (χ0n) is 12.2. The van der Waals surface area contributed by atoms with Crippen LogP contribution in [-0.4, -0.2) is 10.2 Å². The van der Waals surface area contributed by atoms with Gasteiger partial charge in [-0.05, 0) is 67.2 Å². The van der Waals surface area contributed by atoms with Crippen molar-refractivity contribution in [2.24, 2.45) is 0 Å². The maximum atomic E-state index is 9.44. The van der Waals surface area contributed by atoms with E-state index in [9.17, 15) is 10.2 Å². The first-order valence-corrected chi connectivity index (χ1v) is 7.43. The molecule has 21 heavy (non-hydrogen) atoms. The van der Waals surface area contributed by atoms with Gasteiger partial charge in [-0.15, -0.1) is 0 Å². The van der Waals surface area contributed by atoms with Crippen LogP contribution in [0.4, 0.5) is 0 Å². The van der Waals surface area contributed by atoms with E-state index in [2.05, 4.69) is 6.92 Å². The van der Waals surface area contributed by atoms with Gasteiger partial charge < -0.3 is 10.2 Å². The van der Waals surface area contributed by atoms with Crippen molar-refractivity contribution in [2.45, 2.75) is 32.1 Å². The fraction of sp³-hybridized carbons (Fsp3) is 0.263. The second-order valence-electron chi connectivity index (χ2n) is 5.74. The number of aromatic hydroxyl groups is 2. The molecule has 108 valence electrons. The zero-order valence-corrected chi connectivity index (χ0v) is 12.2. The molecule has 2 nitrogen and oxygen atoms in total. The molecule has 0 heterocycles. The second kappa shape index (κ2) is 5.65. The van der Waals surface area contributed by atoms with E-state index in [1.165, 1.54) is 28.7 Å². The predicted molar refractivity (Wildman–Crippen MR) is 85.4 cm³/mol. The lowest BCUT2D eigenvalue weighted by Crippen LogP contribution is -2.08. The van der Waals surface area contributed by atoms with Crippen LogP contribution in [0.2, 0.25) is 0 Å². The quantitative estimate of drug-likeness (QED) is 0.826. The Morgan fingerprint density at radius 2 is 1.43 bits per heavy atom. The number of benzene rings is 2. The minimum absolute atomic E-state index is 0.308. The Kier molecular flexibility index (Phi) is 3.70. The van der Waals surface area contributed by atoms with E-state index in [0.717, 1.165) is 12.8 Å². The summed E-state index contributed by atoms with van der Waals surface area (Å²) in [6, 6.07) is 15.0. The van der Waals surface area contributed by atoms with E-state index in [1.807, 2.05) is 24.3 Å². The molecule has 0 radical (unpaired) electrons. The SMILES string of the molecule is CC1=C(c2ccc(O)cc2)CCCC1c1ccc(O)cc1. The topological polar surface area (TPSA) is 40.5 Å². The van der Waals surface area contributed by atoms with Gasteiger partial charge in [0, 0.05) is 5.92 Å². The van der Waals surface area contributed by atoms with Gasteiger partial charge in [0.25, 0.3) is 0 Å². The second-order valence-corrected chi connectivity index (χ2v) is 5.74. The first-order chi connectivity index (χ1) is 10.1. The monoisotopic (exact) mass is 280 g/mol. The largest absolute Gasteiger partial charge is 0.508 e. The molecule has 1 aliphatic carbocycles. The molecule has 0 spiro atoms. The first kappa shape index (κ1) is 13.7. The van der Waals surface area contributed by atoms with Crippen LogP contribution in [0, 0.1) is 0 Å². The summed E-state index contributed by atoms with van der Waals surface area (Å²) in [7, 11) is 0. The molecule has 1 unspecified atom stereocenters. The minimum atomic E-state index is 0.308. The molecule has 0 saturated carbocycles. The van der Waals surface area contributed by atoms with Crippen molar-refractivity contribution < 1.29 is 10.2 Å². The van der Waals surface area contributed by atoms with Crippen molar-refractivity contribution in [3.05, 3.63) is 65.2 Å². The van der Waals surface area contributed by atoms with Gasteiger partial charge in [-0.1, -0.05) is 29.8 Å². The molecule has 2 aromatic rings. The fourth-order valence-electron chi connectivity index (χ4n) is 3.26. The lowest BCUT2D eigenvalue weighted by atomic mass is 9.77. The average molecular weight is 280 g/mol. The number of hydrogen-bond donors (Lipinski definition) is 2. The van der Waals surface area contributed by atoms with Gasteiger partial charge in [0.2, 0.25) is 0 Å². The number of phenolic OH excluding ortho intramolecular Hbond substituents is 2. The number of phenols is 2. The van der Waals surface area contributed by atoms with E-state index >= 15 is 0 Å². The third-order valence-corrected chi connectivity index (χ3v) is 4.43. The van der Waals surface area contributed by atoms with E-state index in [-0.39, 0.29) is 0 Å². The molecular weight excluding hydrogens is 260 g/mol. The van der Waals surface area contributed by atoms with Crippen molar-refractivity contribution in [1.82, 2.24) is 0 Å². The van der Waals surface area contributed by atoms with Gasteiger partial charge >= 0.3 is 0 Å². The minimum Gasteiger partial charge on any atom is -0.508 e. The van der Waals surface area contributed by atoms with Crippen LogP contribution < -0.4 is 0 Å². The Labute approximate surface area is 125 Å². The molecule has 0 aromatic heterocycles. The average Bonchev–Trinajstić information content (AvgIpc) is 2.50. The molecule has 0 bridgehead atoms. The molecule has 0 amide bonds. The van der Waals surface area contributed by atoms with Gasteiger partial charge in [0.1, 0.15) is 11.5 Å². The fourth-order valence-corrected chi connectivity index (χ4v) is 3.26. The smallest absolute Gasteiger partial charge is 0.115 e. The molecule has 0 aliphatic heterocycles. The Morgan fingerprint density at radius 3 is 2.05 bits per heavy atom. The van der Waals surface area contributed by atoms with Crippen LogP contribution in [0.3, 0.4) is 0 Å². The summed E-state index contributed by atoms with van der Waals surface area (Å²) in [6.45, 7) is 2.21. The normalized spacial score (nSPS) is 18.8. The van der Waals surface area contributed by atoms with E-state index in [4.69, 9.17) is 0 Å². The summed E-state index contributed by atoms with van der Waals surface area (Å²) in [5, 5.41) is 18.9. The summed E-state index contributed by atoms with van der Waals surface area (Å²) in [6.07, 6.45) is 3.41. The molecule has 2 heteroatoms. The van der Waals surface area contributed by atoms with Crippen LogP contribution in [0.5, 0.6) is 11.5 Å². The van der Waals surface area contributed by atoms with E-state index in [1.54, 1.807) is 24.3 Å². The predicted octanol–water partition coefficient (Wildman–Crippen LogP) is 4.84. The molecule has 1 aliphatic rings. The van der Waals surface area contributed by atoms with Gasteiger partial charge in [0.05, 0.1) is 0 Å². The summed E-state index contributed by atoms with van der Waals surface area (Å²) >= 11 is 0. The van der Waals surface area contributed by atoms with Crippen LogP contribution in [0.25, 0.3) is 5.57 Å². The number of rotatable bonds is 2. The van der Waals surface area contributed by atoms with Crippen molar-refractivity contribution in [2.75, 3.05) is 0 Å². The molecule has 2 N–H and O–H groups in total. The Morgan fingerprint density at radius 1 is 0.857 bits per heavy atom. The summed E-state index contributed by atoms with van der Waals surface area (Å²) in [5.41, 5.74) is 5.26. The van der Waals surface area contributed by atoms with Gasteiger partial charge in [-0.2, -0.15) is 0 Å². The Hall–Kier alpha value is -2.22. The lowest BCUT2D eigenvalue weighted by molar-refractivity contribution is 0.474. The van der Waals surface area contributed by atoms with Crippen LogP contribution in [0.1, 0.15) is 43.2 Å². The highest BCUT2D eigenvalue weighted by Gasteiger charge is 2.22. The third-order valence-electron chi connectivity index (χ3n) is 4.43. The van der Waals surface area contributed by atoms with Gasteiger partial charge in [-0.25, -0.2) is 0 Å². The maximum absolute atomic E-state index is 9.44. The highest BCUT2D eigenvalue weighted by Crippen LogP contribution is 2.41. The van der Waals surface area contributed by atoms with Crippen molar-refractivity contribution >= 4 is 5.57 Å². The van der Waals surface area contributed by atoms with E-state index < -0.39 is 0 Å². The Bertz CT molecular complexity index is 651. The molecule has 0 fully saturated rings. The van der Waals surface area contributed by atoms with Crippen molar-refractivity contribution in [3.8, 4) is 11.5 Å². The van der Waals surface area contributed by atoms with E-state index in [0.29, 0.717) is 17.4 Å². The van der Waals surface area contributed by atoms with Crippen LogP contribution in [0.15, 0.2) is 54.1 Å². The van der Waals surface area contributed by atoms with Crippen LogP contribution in [-0.2, 0) is 0 Å². The van der Waals surface area contributed by atoms with Crippen molar-refractivity contribution in [3.63, 3.8) is 0 Å². The molecule has 3 rings (SSSR count). The summed E-state index contributed by atoms with van der Waals surface area (Å²) < 4.78 is 0.